The lowest BCUT2D eigenvalue weighted by atomic mass is 10.1. The Labute approximate surface area is 133 Å². The minimum atomic E-state index is -0.411. The van der Waals surface area contributed by atoms with Crippen LogP contribution in [0.25, 0.3) is 0 Å². The van der Waals surface area contributed by atoms with E-state index in [0.717, 1.165) is 26.9 Å². The third kappa shape index (κ3) is 4.08. The van der Waals surface area contributed by atoms with Gasteiger partial charge in [0.05, 0.1) is 0 Å². The minimum absolute atomic E-state index is 0.113. The second-order valence-corrected chi connectivity index (χ2v) is 5.81. The van der Waals surface area contributed by atoms with Gasteiger partial charge in [-0.25, -0.2) is 4.79 Å². The molecule has 0 aliphatic heterocycles. The number of esters is 1. The zero-order chi connectivity index (χ0) is 15.4. The number of carbonyl (C=O) groups excluding carboxylic acids is 1. The Morgan fingerprint density at radius 2 is 1.67 bits per heavy atom. The number of para-hydroxylation sites is 1. The van der Waals surface area contributed by atoms with E-state index in [1.807, 2.05) is 51.1 Å². The maximum atomic E-state index is 11.9. The second kappa shape index (κ2) is 6.76. The summed E-state index contributed by atoms with van der Waals surface area (Å²) in [6, 6.07) is 11.3. The first-order valence-electron chi connectivity index (χ1n) is 6.63. The molecular formula is C17H17BrO3. The molecule has 2 rings (SSSR count). The third-order valence-electron chi connectivity index (χ3n) is 3.08. The topological polar surface area (TPSA) is 35.5 Å². The molecule has 21 heavy (non-hydrogen) atoms. The molecule has 110 valence electrons. The summed E-state index contributed by atoms with van der Waals surface area (Å²) in [5.74, 6) is 0.876. The van der Waals surface area contributed by atoms with Crippen molar-refractivity contribution < 1.29 is 14.3 Å². The molecule has 2 aromatic carbocycles. The molecule has 3 nitrogen and oxygen atoms in total. The quantitative estimate of drug-likeness (QED) is 0.608. The number of hydrogen-bond donors (Lipinski definition) is 0. The number of benzene rings is 2. The highest BCUT2D eigenvalue weighted by atomic mass is 79.9. The summed E-state index contributed by atoms with van der Waals surface area (Å²) in [4.78, 5) is 11.9. The normalized spacial score (nSPS) is 10.3. The molecule has 0 bridgehead atoms. The molecule has 0 fully saturated rings. The smallest absolute Gasteiger partial charge is 0.349 e. The molecule has 0 atom stereocenters. The van der Waals surface area contributed by atoms with Gasteiger partial charge < -0.3 is 9.47 Å². The second-order valence-electron chi connectivity index (χ2n) is 4.90. The highest BCUT2D eigenvalue weighted by Gasteiger charge is 2.11. The summed E-state index contributed by atoms with van der Waals surface area (Å²) in [6.07, 6.45) is 0. The molecule has 4 heteroatoms. The van der Waals surface area contributed by atoms with Gasteiger partial charge in [-0.3, -0.25) is 0 Å². The van der Waals surface area contributed by atoms with Crippen molar-refractivity contribution in [3.63, 3.8) is 0 Å². The first kappa shape index (κ1) is 15.6. The van der Waals surface area contributed by atoms with Gasteiger partial charge in [0.2, 0.25) is 0 Å². The Morgan fingerprint density at radius 1 is 1.05 bits per heavy atom. The van der Waals surface area contributed by atoms with Gasteiger partial charge in [-0.2, -0.15) is 0 Å². The van der Waals surface area contributed by atoms with Gasteiger partial charge in [0.25, 0.3) is 0 Å². The molecule has 0 spiro atoms. The van der Waals surface area contributed by atoms with Crippen molar-refractivity contribution in [2.75, 3.05) is 6.61 Å². The molecule has 0 radical (unpaired) electrons. The first-order chi connectivity index (χ1) is 9.97. The van der Waals surface area contributed by atoms with Crippen LogP contribution in [0.3, 0.4) is 0 Å². The van der Waals surface area contributed by atoms with Crippen LogP contribution in [0.2, 0.25) is 0 Å². The first-order valence-corrected chi connectivity index (χ1v) is 7.42. The fourth-order valence-corrected chi connectivity index (χ4v) is 2.77. The fraction of sp³-hybridized carbons (Fsp3) is 0.235. The summed E-state index contributed by atoms with van der Waals surface area (Å²) in [6.45, 7) is 5.67. The van der Waals surface area contributed by atoms with Crippen LogP contribution in [0.15, 0.2) is 40.9 Å². The lowest BCUT2D eigenvalue weighted by Crippen LogP contribution is -2.18. The van der Waals surface area contributed by atoms with Crippen molar-refractivity contribution in [3.05, 3.63) is 57.6 Å². The predicted octanol–water partition coefficient (Wildman–Crippen LogP) is 4.36. The summed E-state index contributed by atoms with van der Waals surface area (Å²) in [5.41, 5.74) is 2.87. The number of carbonyl (C=O) groups is 1. The molecule has 0 N–H and O–H groups in total. The molecular weight excluding hydrogens is 332 g/mol. The van der Waals surface area contributed by atoms with Crippen LogP contribution >= 0.6 is 15.9 Å². The molecule has 0 saturated carbocycles. The van der Waals surface area contributed by atoms with Crippen molar-refractivity contribution in [2.45, 2.75) is 20.8 Å². The van der Waals surface area contributed by atoms with E-state index < -0.39 is 5.97 Å². The predicted molar refractivity (Wildman–Crippen MR) is 85.9 cm³/mol. The molecule has 0 aliphatic rings. The average Bonchev–Trinajstić information content (AvgIpc) is 2.40. The number of ether oxygens (including phenoxy) is 2. The van der Waals surface area contributed by atoms with E-state index in [9.17, 15) is 4.79 Å². The van der Waals surface area contributed by atoms with E-state index in [0.29, 0.717) is 5.75 Å². The van der Waals surface area contributed by atoms with E-state index in [4.69, 9.17) is 9.47 Å². The highest BCUT2D eigenvalue weighted by Crippen LogP contribution is 2.27. The summed E-state index contributed by atoms with van der Waals surface area (Å²) >= 11 is 3.43. The number of halogens is 1. The minimum Gasteiger partial charge on any atom is -0.481 e. The van der Waals surface area contributed by atoms with Crippen LogP contribution in [0.5, 0.6) is 11.5 Å². The van der Waals surface area contributed by atoms with Gasteiger partial charge >= 0.3 is 5.97 Å². The van der Waals surface area contributed by atoms with E-state index in [1.165, 1.54) is 0 Å². The third-order valence-corrected chi connectivity index (χ3v) is 3.53. The Kier molecular flexibility index (Phi) is 5.02. The lowest BCUT2D eigenvalue weighted by Gasteiger charge is -2.12. The van der Waals surface area contributed by atoms with E-state index in [-0.39, 0.29) is 6.61 Å². The summed E-state index contributed by atoms with van der Waals surface area (Å²) < 4.78 is 11.9. The van der Waals surface area contributed by atoms with Gasteiger partial charge in [-0.15, -0.1) is 0 Å². The summed E-state index contributed by atoms with van der Waals surface area (Å²) in [7, 11) is 0. The Bertz CT molecular complexity index is 642. The molecule has 0 aromatic heterocycles. The number of aryl methyl sites for hydroxylation is 3. The lowest BCUT2D eigenvalue weighted by molar-refractivity contribution is -0.136. The standard InChI is InChI=1S/C17H17BrO3/c1-11-6-4-5-7-15(11)21-16(19)10-20-17-12(2)8-14(18)9-13(17)3/h4-9H,10H2,1-3H3. The molecule has 0 aliphatic carbocycles. The van der Waals surface area contributed by atoms with Crippen LogP contribution in [0, 0.1) is 20.8 Å². The van der Waals surface area contributed by atoms with E-state index >= 15 is 0 Å². The van der Waals surface area contributed by atoms with Crippen molar-refractivity contribution in [3.8, 4) is 11.5 Å². The molecule has 2 aromatic rings. The van der Waals surface area contributed by atoms with Gasteiger partial charge in [0.1, 0.15) is 11.5 Å². The number of rotatable bonds is 4. The fourth-order valence-electron chi connectivity index (χ4n) is 2.08. The Hall–Kier alpha value is -1.81. The zero-order valence-corrected chi connectivity index (χ0v) is 13.9. The van der Waals surface area contributed by atoms with Gasteiger partial charge in [0, 0.05) is 4.47 Å². The van der Waals surface area contributed by atoms with Gasteiger partial charge in [-0.05, 0) is 55.7 Å². The van der Waals surface area contributed by atoms with E-state index in [1.54, 1.807) is 6.07 Å². The van der Waals surface area contributed by atoms with Crippen LogP contribution in [-0.4, -0.2) is 12.6 Å². The van der Waals surface area contributed by atoms with Gasteiger partial charge in [-0.1, -0.05) is 34.1 Å². The van der Waals surface area contributed by atoms with Gasteiger partial charge in [0.15, 0.2) is 6.61 Å². The summed E-state index contributed by atoms with van der Waals surface area (Å²) in [5, 5.41) is 0. The molecule has 0 unspecified atom stereocenters. The van der Waals surface area contributed by atoms with Crippen LogP contribution in [0.1, 0.15) is 16.7 Å². The number of hydrogen-bond acceptors (Lipinski definition) is 3. The largest absolute Gasteiger partial charge is 0.481 e. The maximum absolute atomic E-state index is 11.9. The van der Waals surface area contributed by atoms with Crippen molar-refractivity contribution in [2.24, 2.45) is 0 Å². The average molecular weight is 349 g/mol. The molecule has 0 heterocycles. The zero-order valence-electron chi connectivity index (χ0n) is 12.3. The SMILES string of the molecule is Cc1ccccc1OC(=O)COc1c(C)cc(Br)cc1C. The van der Waals surface area contributed by atoms with Crippen molar-refractivity contribution in [1.29, 1.82) is 0 Å². The van der Waals surface area contributed by atoms with Crippen LogP contribution < -0.4 is 9.47 Å². The Balaban J connectivity index is 2.01. The van der Waals surface area contributed by atoms with Crippen molar-refractivity contribution >= 4 is 21.9 Å². The maximum Gasteiger partial charge on any atom is 0.349 e. The van der Waals surface area contributed by atoms with Crippen LogP contribution in [0.4, 0.5) is 0 Å². The molecule has 0 amide bonds. The highest BCUT2D eigenvalue weighted by molar-refractivity contribution is 9.10. The Morgan fingerprint density at radius 3 is 2.29 bits per heavy atom. The monoisotopic (exact) mass is 348 g/mol. The van der Waals surface area contributed by atoms with Crippen molar-refractivity contribution in [1.82, 2.24) is 0 Å². The van der Waals surface area contributed by atoms with E-state index in [2.05, 4.69) is 15.9 Å². The van der Waals surface area contributed by atoms with Crippen LogP contribution in [-0.2, 0) is 4.79 Å². The molecule has 0 saturated heterocycles.